The summed E-state index contributed by atoms with van der Waals surface area (Å²) in [6, 6.07) is 8.41. The Balaban J connectivity index is 2.30. The van der Waals surface area contributed by atoms with Gasteiger partial charge >= 0.3 is 0 Å². The number of nitrogens with one attached hydrogen (secondary N) is 1. The number of hydrogen-bond donors (Lipinski definition) is 2. The Hall–Kier alpha value is -1.68. The highest BCUT2D eigenvalue weighted by Gasteiger charge is 2.13. The zero-order valence-electron chi connectivity index (χ0n) is 9.73. The number of benzene rings is 1. The molecule has 17 heavy (non-hydrogen) atoms. The number of hydrazone groups is 1. The van der Waals surface area contributed by atoms with Gasteiger partial charge in [0.15, 0.2) is 5.11 Å². The van der Waals surface area contributed by atoms with Gasteiger partial charge in [0, 0.05) is 5.57 Å². The van der Waals surface area contributed by atoms with Crippen molar-refractivity contribution in [2.24, 2.45) is 10.8 Å². The van der Waals surface area contributed by atoms with E-state index < -0.39 is 0 Å². The van der Waals surface area contributed by atoms with Crippen LogP contribution in [-0.4, -0.2) is 10.8 Å². The van der Waals surface area contributed by atoms with Gasteiger partial charge in [-0.1, -0.05) is 30.3 Å². The molecule has 4 heteroatoms. The van der Waals surface area contributed by atoms with Gasteiger partial charge in [0.1, 0.15) is 0 Å². The second-order valence-electron chi connectivity index (χ2n) is 3.99. The summed E-state index contributed by atoms with van der Waals surface area (Å²) in [5.41, 5.74) is 12.7. The maximum atomic E-state index is 5.36. The third-order valence-corrected chi connectivity index (χ3v) is 2.88. The minimum Gasteiger partial charge on any atom is -0.375 e. The van der Waals surface area contributed by atoms with Crippen molar-refractivity contribution >= 4 is 28.6 Å². The number of rotatable bonds is 2. The van der Waals surface area contributed by atoms with E-state index in [0.717, 1.165) is 24.1 Å². The number of nitrogens with two attached hydrogens (primary N) is 1. The fourth-order valence-electron chi connectivity index (χ4n) is 2.02. The average molecular weight is 245 g/mol. The summed E-state index contributed by atoms with van der Waals surface area (Å²) < 4.78 is 0. The molecule has 0 radical (unpaired) electrons. The van der Waals surface area contributed by atoms with Gasteiger partial charge in [0.05, 0.1) is 5.71 Å². The molecule has 1 aromatic rings. The number of aryl methyl sites for hydroxylation is 1. The van der Waals surface area contributed by atoms with Crippen LogP contribution in [0.2, 0.25) is 0 Å². The molecule has 88 valence electrons. The van der Waals surface area contributed by atoms with Crippen molar-refractivity contribution in [3.63, 3.8) is 0 Å². The van der Waals surface area contributed by atoms with E-state index in [2.05, 4.69) is 34.8 Å². The van der Waals surface area contributed by atoms with Crippen molar-refractivity contribution < 1.29 is 0 Å². The van der Waals surface area contributed by atoms with Crippen molar-refractivity contribution in [3.05, 3.63) is 41.5 Å². The maximum Gasteiger partial charge on any atom is 0.184 e. The molecule has 0 aliphatic heterocycles. The highest BCUT2D eigenvalue weighted by atomic mass is 32.1. The van der Waals surface area contributed by atoms with Gasteiger partial charge in [0.2, 0.25) is 0 Å². The molecule has 0 fully saturated rings. The smallest absolute Gasteiger partial charge is 0.184 e. The van der Waals surface area contributed by atoms with E-state index in [1.807, 2.05) is 13.0 Å². The van der Waals surface area contributed by atoms with Gasteiger partial charge in [-0.25, -0.2) is 0 Å². The number of fused-ring (bicyclic) bond motifs is 1. The van der Waals surface area contributed by atoms with Crippen LogP contribution >= 0.6 is 12.2 Å². The van der Waals surface area contributed by atoms with Crippen LogP contribution in [0.1, 0.15) is 24.5 Å². The molecule has 2 rings (SSSR count). The minimum atomic E-state index is 0.189. The third kappa shape index (κ3) is 2.71. The first-order valence-corrected chi connectivity index (χ1v) is 5.98. The van der Waals surface area contributed by atoms with E-state index in [1.165, 1.54) is 11.1 Å². The van der Waals surface area contributed by atoms with Gasteiger partial charge in [-0.15, -0.1) is 0 Å². The molecule has 0 heterocycles. The van der Waals surface area contributed by atoms with Crippen molar-refractivity contribution in [1.29, 1.82) is 0 Å². The van der Waals surface area contributed by atoms with Gasteiger partial charge < -0.3 is 5.73 Å². The Morgan fingerprint density at radius 3 is 2.94 bits per heavy atom. The fraction of sp³-hybridized carbons (Fsp3) is 0.231. The summed E-state index contributed by atoms with van der Waals surface area (Å²) in [6.45, 7) is 1.96. The Kier molecular flexibility index (Phi) is 3.54. The van der Waals surface area contributed by atoms with E-state index >= 15 is 0 Å². The van der Waals surface area contributed by atoms with Crippen LogP contribution in [0.3, 0.4) is 0 Å². The summed E-state index contributed by atoms with van der Waals surface area (Å²) in [7, 11) is 0. The Labute approximate surface area is 106 Å². The number of hydrogen-bond acceptors (Lipinski definition) is 2. The molecule has 0 unspecified atom stereocenters. The zero-order chi connectivity index (χ0) is 12.3. The first-order valence-electron chi connectivity index (χ1n) is 5.57. The number of nitrogens with zero attached hydrogens (tertiary/aromatic N) is 1. The lowest BCUT2D eigenvalue weighted by atomic mass is 9.89. The van der Waals surface area contributed by atoms with E-state index in [1.54, 1.807) is 0 Å². The van der Waals surface area contributed by atoms with Gasteiger partial charge in [-0.2, -0.15) is 5.10 Å². The molecular formula is C13H15N3S. The lowest BCUT2D eigenvalue weighted by molar-refractivity contribution is 0.977. The van der Waals surface area contributed by atoms with Crippen LogP contribution in [0.5, 0.6) is 0 Å². The molecule has 0 saturated heterocycles. The molecule has 1 aromatic carbocycles. The summed E-state index contributed by atoms with van der Waals surface area (Å²) in [6.07, 6.45) is 4.35. The predicted octanol–water partition coefficient (Wildman–Crippen LogP) is 2.23. The summed E-state index contributed by atoms with van der Waals surface area (Å²) in [4.78, 5) is 0. The van der Waals surface area contributed by atoms with Crippen LogP contribution in [-0.2, 0) is 6.42 Å². The van der Waals surface area contributed by atoms with Crippen LogP contribution in [0.15, 0.2) is 35.4 Å². The predicted molar refractivity (Wildman–Crippen MR) is 75.8 cm³/mol. The lowest BCUT2D eigenvalue weighted by Crippen LogP contribution is -2.25. The second-order valence-corrected chi connectivity index (χ2v) is 4.43. The number of thiocarbonyl (C=S) groups is 1. The molecule has 0 atom stereocenters. The van der Waals surface area contributed by atoms with E-state index in [-0.39, 0.29) is 5.11 Å². The number of allylic oxidation sites excluding steroid dienone is 2. The monoisotopic (exact) mass is 245 g/mol. The molecule has 0 amide bonds. The van der Waals surface area contributed by atoms with E-state index in [4.69, 9.17) is 18.0 Å². The highest BCUT2D eigenvalue weighted by Crippen LogP contribution is 2.26. The molecule has 3 nitrogen and oxygen atoms in total. The SMILES string of the molecule is CC(=NNC(N)=S)C1=CCCc2ccccc21. The van der Waals surface area contributed by atoms with Crippen LogP contribution < -0.4 is 11.2 Å². The first-order chi connectivity index (χ1) is 8.18. The average Bonchev–Trinajstić information content (AvgIpc) is 2.35. The summed E-state index contributed by atoms with van der Waals surface area (Å²) in [5, 5.41) is 4.37. The Morgan fingerprint density at radius 1 is 1.41 bits per heavy atom. The molecule has 0 bridgehead atoms. The molecule has 3 N–H and O–H groups in total. The highest BCUT2D eigenvalue weighted by molar-refractivity contribution is 7.80. The van der Waals surface area contributed by atoms with Crippen molar-refractivity contribution in [2.75, 3.05) is 0 Å². The van der Waals surface area contributed by atoms with Gasteiger partial charge in [0.25, 0.3) is 0 Å². The van der Waals surface area contributed by atoms with Crippen LogP contribution in [0.25, 0.3) is 5.57 Å². The molecule has 1 aliphatic carbocycles. The van der Waals surface area contributed by atoms with E-state index in [0.29, 0.717) is 0 Å². The van der Waals surface area contributed by atoms with Gasteiger partial charge in [-0.05, 0) is 43.1 Å². The molecular weight excluding hydrogens is 230 g/mol. The topological polar surface area (TPSA) is 50.4 Å². The minimum absolute atomic E-state index is 0.189. The fourth-order valence-corrected chi connectivity index (χ4v) is 2.07. The Morgan fingerprint density at radius 2 is 2.18 bits per heavy atom. The molecule has 0 aromatic heterocycles. The van der Waals surface area contributed by atoms with Gasteiger partial charge in [-0.3, -0.25) is 5.43 Å². The molecule has 0 saturated carbocycles. The quantitative estimate of drug-likeness (QED) is 0.477. The van der Waals surface area contributed by atoms with Crippen molar-refractivity contribution in [2.45, 2.75) is 19.8 Å². The lowest BCUT2D eigenvalue weighted by Gasteiger charge is -2.17. The van der Waals surface area contributed by atoms with Crippen LogP contribution in [0, 0.1) is 0 Å². The maximum absolute atomic E-state index is 5.36. The molecule has 0 spiro atoms. The standard InChI is InChI=1S/C13H15N3S/c1-9(15-16-13(14)17)11-8-4-6-10-5-2-3-7-12(10)11/h2-3,5,7-8H,4,6H2,1H3,(H3,14,16,17). The second kappa shape index (κ2) is 5.10. The summed E-state index contributed by atoms with van der Waals surface area (Å²) in [5.74, 6) is 0. The third-order valence-electron chi connectivity index (χ3n) is 2.79. The zero-order valence-corrected chi connectivity index (χ0v) is 10.6. The first kappa shape index (κ1) is 11.8. The largest absolute Gasteiger partial charge is 0.375 e. The van der Waals surface area contributed by atoms with E-state index in [9.17, 15) is 0 Å². The summed E-state index contributed by atoms with van der Waals surface area (Å²) >= 11 is 4.73. The molecule has 1 aliphatic rings. The van der Waals surface area contributed by atoms with Crippen LogP contribution in [0.4, 0.5) is 0 Å². The van der Waals surface area contributed by atoms with Crippen molar-refractivity contribution in [3.8, 4) is 0 Å². The Bertz CT molecular complexity index is 503. The van der Waals surface area contributed by atoms with Crippen molar-refractivity contribution in [1.82, 2.24) is 5.43 Å². The normalized spacial score (nSPS) is 14.9.